The van der Waals surface area contributed by atoms with Gasteiger partial charge in [-0.3, -0.25) is 4.79 Å². The van der Waals surface area contributed by atoms with Gasteiger partial charge < -0.3 is 20.5 Å². The van der Waals surface area contributed by atoms with Crippen molar-refractivity contribution in [2.45, 2.75) is 18.9 Å². The Kier molecular flexibility index (Phi) is 5.08. The number of aliphatic hydroxyl groups is 1. The Morgan fingerprint density at radius 2 is 1.90 bits per heavy atom. The lowest BCUT2D eigenvalue weighted by Crippen LogP contribution is -2.41. The average Bonchev–Trinajstić information content (AvgIpc) is 2.50. The van der Waals surface area contributed by atoms with E-state index in [1.54, 1.807) is 0 Å². The highest BCUT2D eigenvalue weighted by Gasteiger charge is 2.25. The van der Waals surface area contributed by atoms with Crippen molar-refractivity contribution in [2.75, 3.05) is 32.0 Å². The number of hydrogen-bond acceptors (Lipinski definition) is 4. The first kappa shape index (κ1) is 15.7. The largest absolute Gasteiger partial charge is 0.394 e. The summed E-state index contributed by atoms with van der Waals surface area (Å²) in [7, 11) is 0. The van der Waals surface area contributed by atoms with Crippen molar-refractivity contribution in [3.63, 3.8) is 0 Å². The number of amides is 1. The van der Waals surface area contributed by atoms with Crippen molar-refractivity contribution in [1.82, 2.24) is 4.90 Å². The smallest absolute Gasteiger partial charge is 0.254 e. The molecule has 1 heterocycles. The number of aliphatic hydroxyl groups excluding tert-OH is 1. The summed E-state index contributed by atoms with van der Waals surface area (Å²) < 4.78 is 32.2. The molecular formula is C14H18F2N2O3. The van der Waals surface area contributed by atoms with Gasteiger partial charge in [0.25, 0.3) is 5.91 Å². The number of hydrogen-bond donors (Lipinski definition) is 2. The molecular weight excluding hydrogens is 282 g/mol. The van der Waals surface area contributed by atoms with E-state index in [2.05, 4.69) is 0 Å². The topological polar surface area (TPSA) is 75.8 Å². The zero-order valence-electron chi connectivity index (χ0n) is 11.5. The van der Waals surface area contributed by atoms with E-state index >= 15 is 0 Å². The zero-order valence-corrected chi connectivity index (χ0v) is 11.5. The summed E-state index contributed by atoms with van der Waals surface area (Å²) in [5, 5.41) is 8.69. The molecule has 3 N–H and O–H groups in total. The van der Waals surface area contributed by atoms with Crippen LogP contribution >= 0.6 is 0 Å². The molecule has 0 aromatic heterocycles. The van der Waals surface area contributed by atoms with Crippen LogP contribution in [0.3, 0.4) is 0 Å². The summed E-state index contributed by atoms with van der Waals surface area (Å²) in [6.07, 6.45) is 1.26. The number of nitrogens with two attached hydrogens (primary N) is 1. The van der Waals surface area contributed by atoms with Crippen LogP contribution in [0.1, 0.15) is 23.2 Å². The van der Waals surface area contributed by atoms with Crippen molar-refractivity contribution in [1.29, 1.82) is 0 Å². The lowest BCUT2D eigenvalue weighted by atomic mass is 10.1. The van der Waals surface area contributed by atoms with Gasteiger partial charge in [-0.1, -0.05) is 0 Å². The van der Waals surface area contributed by atoms with Crippen LogP contribution in [0.15, 0.2) is 12.1 Å². The van der Waals surface area contributed by atoms with Crippen LogP contribution in [-0.2, 0) is 4.74 Å². The molecule has 1 fully saturated rings. The Bertz CT molecular complexity index is 494. The fourth-order valence-corrected chi connectivity index (χ4v) is 2.34. The van der Waals surface area contributed by atoms with Crippen molar-refractivity contribution >= 4 is 11.6 Å². The summed E-state index contributed by atoms with van der Waals surface area (Å²) >= 11 is 0. The lowest BCUT2D eigenvalue weighted by Gasteiger charge is -2.32. The van der Waals surface area contributed by atoms with Crippen LogP contribution in [-0.4, -0.2) is 48.3 Å². The summed E-state index contributed by atoms with van der Waals surface area (Å²) in [4.78, 5) is 13.7. The number of piperidine rings is 1. The molecule has 2 rings (SSSR count). The average molecular weight is 300 g/mol. The number of carbonyl (C=O) groups is 1. The molecule has 0 radical (unpaired) electrons. The number of halogens is 2. The molecule has 7 heteroatoms. The first-order valence-corrected chi connectivity index (χ1v) is 6.79. The zero-order chi connectivity index (χ0) is 15.4. The van der Waals surface area contributed by atoms with Crippen molar-refractivity contribution < 1.29 is 23.4 Å². The highest BCUT2D eigenvalue weighted by molar-refractivity contribution is 5.94. The molecule has 1 aromatic carbocycles. The molecule has 1 aliphatic rings. The minimum Gasteiger partial charge on any atom is -0.394 e. The molecule has 0 aliphatic carbocycles. The van der Waals surface area contributed by atoms with Gasteiger partial charge in [-0.2, -0.15) is 0 Å². The predicted molar refractivity (Wildman–Crippen MR) is 72.7 cm³/mol. The quantitative estimate of drug-likeness (QED) is 0.818. The van der Waals surface area contributed by atoms with E-state index in [0.717, 1.165) is 12.1 Å². The highest BCUT2D eigenvalue weighted by Crippen LogP contribution is 2.21. The van der Waals surface area contributed by atoms with Crippen LogP contribution in [0.2, 0.25) is 0 Å². The van der Waals surface area contributed by atoms with E-state index in [-0.39, 0.29) is 24.9 Å². The molecule has 116 valence electrons. The number of anilines is 1. The number of ether oxygens (including phenoxy) is 1. The SMILES string of the molecule is Nc1c(F)cc(C(=O)N2CCC(OCCO)CC2)cc1F. The standard InChI is InChI=1S/C14H18F2N2O3/c15-11-7-9(8-12(16)13(11)17)14(20)18-3-1-10(2-4-18)21-6-5-19/h7-8,10,19H,1-6,17H2. The maximum Gasteiger partial charge on any atom is 0.254 e. The summed E-state index contributed by atoms with van der Waals surface area (Å²) in [6, 6.07) is 1.91. The van der Waals surface area contributed by atoms with Gasteiger partial charge in [-0.05, 0) is 25.0 Å². The summed E-state index contributed by atoms with van der Waals surface area (Å²) in [5.41, 5.74) is 4.55. The minimum absolute atomic E-state index is 0.00101. The molecule has 0 spiro atoms. The van der Waals surface area contributed by atoms with E-state index in [9.17, 15) is 13.6 Å². The van der Waals surface area contributed by atoms with E-state index in [1.807, 2.05) is 0 Å². The summed E-state index contributed by atoms with van der Waals surface area (Å²) in [6.45, 7) is 1.13. The van der Waals surface area contributed by atoms with Crippen molar-refractivity contribution in [3.05, 3.63) is 29.3 Å². The molecule has 1 saturated heterocycles. The summed E-state index contributed by atoms with van der Waals surface area (Å²) in [5.74, 6) is -2.28. The number of rotatable bonds is 4. The molecule has 0 saturated carbocycles. The molecule has 0 atom stereocenters. The third-order valence-electron chi connectivity index (χ3n) is 3.50. The van der Waals surface area contributed by atoms with E-state index < -0.39 is 23.2 Å². The second-order valence-corrected chi connectivity index (χ2v) is 4.94. The molecule has 0 bridgehead atoms. The van der Waals surface area contributed by atoms with Crippen molar-refractivity contribution in [2.24, 2.45) is 0 Å². The van der Waals surface area contributed by atoms with Crippen LogP contribution < -0.4 is 5.73 Å². The lowest BCUT2D eigenvalue weighted by molar-refractivity contribution is -0.00555. The molecule has 21 heavy (non-hydrogen) atoms. The number of likely N-dealkylation sites (tertiary alicyclic amines) is 1. The van der Waals surface area contributed by atoms with E-state index in [1.165, 1.54) is 4.90 Å². The number of carbonyl (C=O) groups excluding carboxylic acids is 1. The second-order valence-electron chi connectivity index (χ2n) is 4.94. The predicted octanol–water partition coefficient (Wildman–Crippen LogP) is 1.16. The van der Waals surface area contributed by atoms with Gasteiger partial charge in [0.05, 0.1) is 19.3 Å². The molecule has 0 unspecified atom stereocenters. The number of benzene rings is 1. The molecule has 1 aliphatic heterocycles. The van der Waals surface area contributed by atoms with Crippen LogP contribution in [0.25, 0.3) is 0 Å². The Morgan fingerprint density at radius 1 is 1.33 bits per heavy atom. The normalized spacial score (nSPS) is 16.2. The fraction of sp³-hybridized carbons (Fsp3) is 0.500. The monoisotopic (exact) mass is 300 g/mol. The molecule has 1 aromatic rings. The van der Waals surface area contributed by atoms with Gasteiger partial charge in [-0.25, -0.2) is 8.78 Å². The Hall–Kier alpha value is -1.73. The van der Waals surface area contributed by atoms with E-state index in [4.69, 9.17) is 15.6 Å². The van der Waals surface area contributed by atoms with E-state index in [0.29, 0.717) is 25.9 Å². The third-order valence-corrected chi connectivity index (χ3v) is 3.50. The second kappa shape index (κ2) is 6.82. The first-order valence-electron chi connectivity index (χ1n) is 6.79. The van der Waals surface area contributed by atoms with Gasteiger partial charge in [0.15, 0.2) is 0 Å². The van der Waals surface area contributed by atoms with Crippen LogP contribution in [0.4, 0.5) is 14.5 Å². The van der Waals surface area contributed by atoms with Gasteiger partial charge in [-0.15, -0.1) is 0 Å². The Balaban J connectivity index is 1.99. The molecule has 5 nitrogen and oxygen atoms in total. The maximum atomic E-state index is 13.4. The van der Waals surface area contributed by atoms with Gasteiger partial charge in [0.1, 0.15) is 17.3 Å². The van der Waals surface area contributed by atoms with Gasteiger partial charge in [0.2, 0.25) is 0 Å². The highest BCUT2D eigenvalue weighted by atomic mass is 19.1. The maximum absolute atomic E-state index is 13.4. The third kappa shape index (κ3) is 3.68. The first-order chi connectivity index (χ1) is 10.0. The van der Waals surface area contributed by atoms with Crippen LogP contribution in [0, 0.1) is 11.6 Å². The number of nitrogen functional groups attached to an aromatic ring is 1. The Labute approximate surface area is 121 Å². The molecule has 1 amide bonds. The minimum atomic E-state index is -0.931. The van der Waals surface area contributed by atoms with Crippen molar-refractivity contribution in [3.8, 4) is 0 Å². The number of nitrogens with zero attached hydrogens (tertiary/aromatic N) is 1. The van der Waals surface area contributed by atoms with Gasteiger partial charge in [0, 0.05) is 18.7 Å². The Morgan fingerprint density at radius 3 is 2.43 bits per heavy atom. The van der Waals surface area contributed by atoms with Gasteiger partial charge >= 0.3 is 0 Å². The fourth-order valence-electron chi connectivity index (χ4n) is 2.34. The van der Waals surface area contributed by atoms with Crippen LogP contribution in [0.5, 0.6) is 0 Å².